The van der Waals surface area contributed by atoms with E-state index < -0.39 is 17.9 Å². The van der Waals surface area contributed by atoms with Crippen LogP contribution < -0.4 is 0 Å². The molecule has 0 radical (unpaired) electrons. The first-order valence-electron chi connectivity index (χ1n) is 3.10. The molecule has 0 aromatic rings. The van der Waals surface area contributed by atoms with Crippen LogP contribution in [-0.2, 0) is 28.6 Å². The zero-order valence-corrected chi connectivity index (χ0v) is 6.02. The minimum atomic E-state index is -1.29. The summed E-state index contributed by atoms with van der Waals surface area (Å²) in [7, 11) is 0. The van der Waals surface area contributed by atoms with Crippen molar-refractivity contribution in [2.24, 2.45) is 0 Å². The second-order valence-corrected chi connectivity index (χ2v) is 1.95. The second kappa shape index (κ2) is 4.05. The van der Waals surface area contributed by atoms with Crippen molar-refractivity contribution in [3.8, 4) is 0 Å². The average Bonchev–Trinajstić information content (AvgIpc) is 2.17. The molecule has 0 bridgehead atoms. The van der Waals surface area contributed by atoms with Gasteiger partial charge in [0.15, 0.2) is 19.9 Å². The van der Waals surface area contributed by atoms with E-state index in [1.54, 1.807) is 0 Å². The Hall–Kier alpha value is -1.11. The van der Waals surface area contributed by atoms with Gasteiger partial charge in [-0.1, -0.05) is 0 Å². The number of Topliss-reactive ketones (excluding diaryl/α,β-unsaturated/α-hetero) is 2. The number of hydrogen-bond acceptors (Lipinski definition) is 6. The standard InChI is InChI=1S/C6H6O6/c7-1-4(8)5(9)6-11-2-10-3-12-6/h1,6H,2-3H2. The fourth-order valence-electron chi connectivity index (χ4n) is 0.628. The van der Waals surface area contributed by atoms with Crippen LogP contribution in [-0.4, -0.2) is 37.7 Å². The first-order chi connectivity index (χ1) is 5.75. The molecule has 0 saturated carbocycles. The smallest absolute Gasteiger partial charge is 0.266 e. The Balaban J connectivity index is 2.50. The summed E-state index contributed by atoms with van der Waals surface area (Å²) in [5.74, 6) is -2.17. The Labute approximate surface area is 67.4 Å². The second-order valence-electron chi connectivity index (χ2n) is 1.95. The van der Waals surface area contributed by atoms with E-state index in [2.05, 4.69) is 14.2 Å². The average molecular weight is 174 g/mol. The van der Waals surface area contributed by atoms with Gasteiger partial charge >= 0.3 is 0 Å². The highest BCUT2D eigenvalue weighted by Gasteiger charge is 2.28. The molecule has 0 aromatic carbocycles. The molecule has 1 saturated heterocycles. The molecule has 0 atom stereocenters. The van der Waals surface area contributed by atoms with Gasteiger partial charge in [0.2, 0.25) is 6.29 Å². The molecular formula is C6H6O6. The Bertz CT molecular complexity index is 204. The van der Waals surface area contributed by atoms with Crippen LogP contribution in [0.4, 0.5) is 0 Å². The largest absolute Gasteiger partial charge is 0.329 e. The molecule has 1 heterocycles. The Morgan fingerprint density at radius 3 is 2.33 bits per heavy atom. The van der Waals surface area contributed by atoms with E-state index >= 15 is 0 Å². The lowest BCUT2D eigenvalue weighted by molar-refractivity contribution is -0.285. The van der Waals surface area contributed by atoms with Crippen LogP contribution in [0.2, 0.25) is 0 Å². The summed E-state index contributed by atoms with van der Waals surface area (Å²) < 4.78 is 13.7. The van der Waals surface area contributed by atoms with Crippen LogP contribution in [0.25, 0.3) is 0 Å². The van der Waals surface area contributed by atoms with Crippen molar-refractivity contribution in [3.05, 3.63) is 0 Å². The van der Waals surface area contributed by atoms with Crippen molar-refractivity contribution in [2.45, 2.75) is 6.29 Å². The zero-order valence-electron chi connectivity index (χ0n) is 6.02. The van der Waals surface area contributed by atoms with Crippen LogP contribution in [0.3, 0.4) is 0 Å². The Morgan fingerprint density at radius 1 is 1.25 bits per heavy atom. The number of ketones is 2. The van der Waals surface area contributed by atoms with Crippen molar-refractivity contribution in [3.63, 3.8) is 0 Å². The lowest BCUT2D eigenvalue weighted by Crippen LogP contribution is -2.38. The summed E-state index contributed by atoms with van der Waals surface area (Å²) >= 11 is 0. The van der Waals surface area contributed by atoms with Crippen molar-refractivity contribution in [1.82, 2.24) is 0 Å². The third kappa shape index (κ3) is 1.94. The number of aldehydes is 1. The number of ether oxygens (including phenoxy) is 3. The van der Waals surface area contributed by atoms with Crippen LogP contribution in [0.5, 0.6) is 0 Å². The molecule has 6 heteroatoms. The quantitative estimate of drug-likeness (QED) is 0.298. The predicted molar refractivity (Wildman–Crippen MR) is 32.9 cm³/mol. The van der Waals surface area contributed by atoms with Gasteiger partial charge in [0.05, 0.1) is 0 Å². The number of carbonyl (C=O) groups excluding carboxylic acids is 3. The van der Waals surface area contributed by atoms with Gasteiger partial charge in [0, 0.05) is 0 Å². The first-order valence-corrected chi connectivity index (χ1v) is 3.10. The van der Waals surface area contributed by atoms with E-state index in [9.17, 15) is 14.4 Å². The summed E-state index contributed by atoms with van der Waals surface area (Å²) in [4.78, 5) is 31.2. The lowest BCUT2D eigenvalue weighted by Gasteiger charge is -2.20. The summed E-state index contributed by atoms with van der Waals surface area (Å²) in [6.07, 6.45) is -1.37. The molecule has 66 valence electrons. The van der Waals surface area contributed by atoms with Crippen LogP contribution >= 0.6 is 0 Å². The molecule has 0 amide bonds. The van der Waals surface area contributed by atoms with E-state index in [0.717, 1.165) is 0 Å². The topological polar surface area (TPSA) is 78.9 Å². The molecule has 1 aliphatic heterocycles. The highest BCUT2D eigenvalue weighted by molar-refractivity contribution is 6.58. The highest BCUT2D eigenvalue weighted by Crippen LogP contribution is 2.03. The van der Waals surface area contributed by atoms with E-state index in [0.29, 0.717) is 0 Å². The maximum Gasteiger partial charge on any atom is 0.266 e. The van der Waals surface area contributed by atoms with Crippen molar-refractivity contribution in [2.75, 3.05) is 13.6 Å². The minimum absolute atomic E-state index is 0.0789. The van der Waals surface area contributed by atoms with Gasteiger partial charge in [0.1, 0.15) is 0 Å². The molecule has 0 unspecified atom stereocenters. The van der Waals surface area contributed by atoms with Crippen molar-refractivity contribution < 1.29 is 28.6 Å². The predicted octanol–water partition coefficient (Wildman–Crippen LogP) is -1.37. The molecule has 0 spiro atoms. The molecular weight excluding hydrogens is 168 g/mol. The third-order valence-electron chi connectivity index (χ3n) is 1.17. The summed E-state index contributed by atoms with van der Waals surface area (Å²) in [6, 6.07) is 0. The van der Waals surface area contributed by atoms with E-state index in [1.807, 2.05) is 0 Å². The molecule has 12 heavy (non-hydrogen) atoms. The van der Waals surface area contributed by atoms with Crippen LogP contribution in [0.15, 0.2) is 0 Å². The molecule has 1 fully saturated rings. The van der Waals surface area contributed by atoms with Gasteiger partial charge in [-0.25, -0.2) is 0 Å². The van der Waals surface area contributed by atoms with Crippen LogP contribution in [0, 0.1) is 0 Å². The van der Waals surface area contributed by atoms with E-state index in [1.165, 1.54) is 0 Å². The van der Waals surface area contributed by atoms with Crippen LogP contribution in [0.1, 0.15) is 0 Å². The SMILES string of the molecule is O=CC(=O)C(=O)C1OCOCO1. The molecule has 0 aromatic heterocycles. The first kappa shape index (κ1) is 8.98. The van der Waals surface area contributed by atoms with Crippen molar-refractivity contribution >= 4 is 17.9 Å². The third-order valence-corrected chi connectivity index (χ3v) is 1.17. The normalized spacial score (nSPS) is 18.7. The van der Waals surface area contributed by atoms with Gasteiger partial charge in [0.25, 0.3) is 11.6 Å². The zero-order chi connectivity index (χ0) is 8.97. The maximum atomic E-state index is 10.8. The summed E-state index contributed by atoms with van der Waals surface area (Å²) in [6.45, 7) is -0.245. The van der Waals surface area contributed by atoms with Gasteiger partial charge in [-0.05, 0) is 0 Å². The monoisotopic (exact) mass is 174 g/mol. The van der Waals surface area contributed by atoms with Crippen molar-refractivity contribution in [1.29, 1.82) is 0 Å². The van der Waals surface area contributed by atoms with Gasteiger partial charge < -0.3 is 14.2 Å². The number of rotatable bonds is 3. The number of carbonyl (C=O) groups is 3. The maximum absolute atomic E-state index is 10.8. The van der Waals surface area contributed by atoms with Gasteiger partial charge in [-0.15, -0.1) is 0 Å². The summed E-state index contributed by atoms with van der Waals surface area (Å²) in [5, 5.41) is 0. The fraction of sp³-hybridized carbons (Fsp3) is 0.500. The summed E-state index contributed by atoms with van der Waals surface area (Å²) in [5.41, 5.74) is 0. The van der Waals surface area contributed by atoms with Gasteiger partial charge in [-0.3, -0.25) is 14.4 Å². The number of hydrogen-bond donors (Lipinski definition) is 0. The van der Waals surface area contributed by atoms with Gasteiger partial charge in [-0.2, -0.15) is 0 Å². The molecule has 0 aliphatic carbocycles. The fourth-order valence-corrected chi connectivity index (χ4v) is 0.628. The Kier molecular flexibility index (Phi) is 3.03. The Morgan fingerprint density at radius 2 is 1.83 bits per heavy atom. The minimum Gasteiger partial charge on any atom is -0.329 e. The molecule has 1 aliphatic rings. The van der Waals surface area contributed by atoms with E-state index in [4.69, 9.17) is 0 Å². The molecule has 6 nitrogen and oxygen atoms in total. The lowest BCUT2D eigenvalue weighted by atomic mass is 10.3. The highest BCUT2D eigenvalue weighted by atomic mass is 16.8. The molecule has 1 rings (SSSR count). The van der Waals surface area contributed by atoms with E-state index in [-0.39, 0.29) is 19.9 Å². The molecule has 0 N–H and O–H groups in total.